The summed E-state index contributed by atoms with van der Waals surface area (Å²) in [7, 11) is 1.39. The normalized spacial score (nSPS) is 15.5. The van der Waals surface area contributed by atoms with Crippen LogP contribution < -0.4 is 5.32 Å². The van der Waals surface area contributed by atoms with E-state index in [9.17, 15) is 4.79 Å². The second-order valence-electron chi connectivity index (χ2n) is 3.84. The number of methoxy groups -OCH3 is 1. The molecule has 1 N–H and O–H groups in total. The molecule has 2 rings (SSSR count). The number of carbonyl (C=O) groups is 1. The van der Waals surface area contributed by atoms with E-state index in [1.54, 1.807) is 12.1 Å². The van der Waals surface area contributed by atoms with Crippen molar-refractivity contribution >= 4 is 11.7 Å². The minimum absolute atomic E-state index is 0.287. The smallest absolute Gasteiger partial charge is 0.337 e. The van der Waals surface area contributed by atoms with Crippen molar-refractivity contribution < 1.29 is 9.53 Å². The van der Waals surface area contributed by atoms with Gasteiger partial charge in [0, 0.05) is 11.7 Å². The Morgan fingerprint density at radius 3 is 2.47 bits per heavy atom. The Morgan fingerprint density at radius 2 is 2.00 bits per heavy atom. The van der Waals surface area contributed by atoms with Gasteiger partial charge in [-0.1, -0.05) is 0 Å². The topological polar surface area (TPSA) is 38.3 Å². The van der Waals surface area contributed by atoms with E-state index in [-0.39, 0.29) is 5.97 Å². The lowest BCUT2D eigenvalue weighted by molar-refractivity contribution is 0.0601. The zero-order valence-corrected chi connectivity index (χ0v) is 8.82. The van der Waals surface area contributed by atoms with Crippen LogP contribution >= 0.6 is 0 Å². The van der Waals surface area contributed by atoms with E-state index in [1.807, 2.05) is 12.1 Å². The van der Waals surface area contributed by atoms with Crippen molar-refractivity contribution in [1.82, 2.24) is 0 Å². The third kappa shape index (κ3) is 2.29. The van der Waals surface area contributed by atoms with E-state index in [0.717, 1.165) is 5.69 Å². The van der Waals surface area contributed by atoms with Crippen molar-refractivity contribution in [3.8, 4) is 0 Å². The number of hydrogen-bond acceptors (Lipinski definition) is 3. The predicted octanol–water partition coefficient (Wildman–Crippen LogP) is 2.44. The van der Waals surface area contributed by atoms with Crippen LogP contribution in [0.3, 0.4) is 0 Å². The van der Waals surface area contributed by atoms with Gasteiger partial charge >= 0.3 is 5.97 Å². The zero-order chi connectivity index (χ0) is 10.7. The average Bonchev–Trinajstić information content (AvgIpc) is 2.23. The number of ether oxygens (including phenoxy) is 1. The zero-order valence-electron chi connectivity index (χ0n) is 8.82. The Labute approximate surface area is 89.4 Å². The molecule has 0 bridgehead atoms. The lowest BCUT2D eigenvalue weighted by Crippen LogP contribution is -2.26. The molecule has 3 nitrogen and oxygen atoms in total. The van der Waals surface area contributed by atoms with Gasteiger partial charge in [-0.25, -0.2) is 4.79 Å². The van der Waals surface area contributed by atoms with Crippen LogP contribution in [0.15, 0.2) is 24.3 Å². The molecule has 0 atom stereocenters. The number of anilines is 1. The monoisotopic (exact) mass is 205 g/mol. The molecular weight excluding hydrogens is 190 g/mol. The summed E-state index contributed by atoms with van der Waals surface area (Å²) in [6.45, 7) is 0. The molecule has 15 heavy (non-hydrogen) atoms. The highest BCUT2D eigenvalue weighted by Gasteiger charge is 2.16. The maximum atomic E-state index is 11.2. The van der Waals surface area contributed by atoms with Crippen molar-refractivity contribution in [2.24, 2.45) is 0 Å². The molecule has 1 saturated carbocycles. The predicted molar refractivity (Wildman–Crippen MR) is 59.0 cm³/mol. The highest BCUT2D eigenvalue weighted by molar-refractivity contribution is 5.89. The second kappa shape index (κ2) is 4.34. The number of hydrogen-bond donors (Lipinski definition) is 1. The van der Waals surface area contributed by atoms with Crippen LogP contribution in [0.5, 0.6) is 0 Å². The fourth-order valence-electron chi connectivity index (χ4n) is 1.61. The number of nitrogens with one attached hydrogen (secondary N) is 1. The highest BCUT2D eigenvalue weighted by atomic mass is 16.5. The van der Waals surface area contributed by atoms with Gasteiger partial charge in [-0.15, -0.1) is 0 Å². The minimum atomic E-state index is -0.287. The van der Waals surface area contributed by atoms with Crippen LogP contribution in [-0.4, -0.2) is 19.1 Å². The summed E-state index contributed by atoms with van der Waals surface area (Å²) in [5.41, 5.74) is 1.67. The molecule has 0 aliphatic heterocycles. The Hall–Kier alpha value is -1.51. The Morgan fingerprint density at radius 1 is 1.33 bits per heavy atom. The first kappa shape index (κ1) is 10.0. The Balaban J connectivity index is 1.99. The highest BCUT2D eigenvalue weighted by Crippen LogP contribution is 2.23. The van der Waals surface area contributed by atoms with Crippen LogP contribution in [0.25, 0.3) is 0 Å². The van der Waals surface area contributed by atoms with E-state index in [1.165, 1.54) is 26.4 Å². The number of carbonyl (C=O) groups excluding carboxylic acids is 1. The molecule has 1 aromatic carbocycles. The van der Waals surface area contributed by atoms with Gasteiger partial charge in [0.1, 0.15) is 0 Å². The number of rotatable bonds is 3. The van der Waals surface area contributed by atoms with Gasteiger partial charge in [-0.3, -0.25) is 0 Å². The van der Waals surface area contributed by atoms with Crippen molar-refractivity contribution in [1.29, 1.82) is 0 Å². The van der Waals surface area contributed by atoms with Crippen molar-refractivity contribution in [3.05, 3.63) is 29.8 Å². The Bertz CT molecular complexity index is 341. The average molecular weight is 205 g/mol. The Kier molecular flexibility index (Phi) is 2.90. The van der Waals surface area contributed by atoms with Gasteiger partial charge in [0.05, 0.1) is 12.7 Å². The fraction of sp³-hybridized carbons (Fsp3) is 0.417. The molecule has 3 heteroatoms. The minimum Gasteiger partial charge on any atom is -0.465 e. The standard InChI is InChI=1S/C12H15NO2/c1-15-12(14)9-5-7-11(8-6-9)13-10-3-2-4-10/h5-8,10,13H,2-4H2,1H3. The van der Waals surface area contributed by atoms with Gasteiger partial charge < -0.3 is 10.1 Å². The summed E-state index contributed by atoms with van der Waals surface area (Å²) in [6.07, 6.45) is 3.81. The maximum absolute atomic E-state index is 11.2. The summed E-state index contributed by atoms with van der Waals surface area (Å²) < 4.78 is 4.63. The summed E-state index contributed by atoms with van der Waals surface area (Å²) in [6, 6.07) is 8.03. The van der Waals surface area contributed by atoms with Gasteiger partial charge in [0.2, 0.25) is 0 Å². The van der Waals surface area contributed by atoms with Crippen LogP contribution in [0.1, 0.15) is 29.6 Å². The first-order valence-corrected chi connectivity index (χ1v) is 5.24. The molecule has 0 saturated heterocycles. The molecule has 1 aromatic rings. The van der Waals surface area contributed by atoms with Crippen LogP contribution in [0.2, 0.25) is 0 Å². The van der Waals surface area contributed by atoms with Crippen molar-refractivity contribution in [2.45, 2.75) is 25.3 Å². The number of esters is 1. The van der Waals surface area contributed by atoms with Crippen molar-refractivity contribution in [2.75, 3.05) is 12.4 Å². The molecule has 1 aliphatic rings. The molecule has 1 aliphatic carbocycles. The maximum Gasteiger partial charge on any atom is 0.337 e. The van der Waals surface area contributed by atoms with Crippen molar-refractivity contribution in [3.63, 3.8) is 0 Å². The van der Waals surface area contributed by atoms with E-state index >= 15 is 0 Å². The third-order valence-corrected chi connectivity index (χ3v) is 2.78. The summed E-state index contributed by atoms with van der Waals surface area (Å²) in [4.78, 5) is 11.2. The number of benzene rings is 1. The van der Waals surface area contributed by atoms with E-state index in [4.69, 9.17) is 0 Å². The van der Waals surface area contributed by atoms with E-state index in [2.05, 4.69) is 10.1 Å². The van der Waals surface area contributed by atoms with E-state index in [0.29, 0.717) is 11.6 Å². The second-order valence-corrected chi connectivity index (χ2v) is 3.84. The van der Waals surface area contributed by atoms with E-state index < -0.39 is 0 Å². The molecular formula is C12H15NO2. The van der Waals surface area contributed by atoms with Crippen LogP contribution in [-0.2, 0) is 4.74 Å². The van der Waals surface area contributed by atoms with Gasteiger partial charge in [0.15, 0.2) is 0 Å². The lowest BCUT2D eigenvalue weighted by Gasteiger charge is -2.27. The molecule has 0 heterocycles. The first-order valence-electron chi connectivity index (χ1n) is 5.24. The molecule has 0 unspecified atom stereocenters. The quantitative estimate of drug-likeness (QED) is 0.770. The molecule has 0 radical (unpaired) electrons. The van der Waals surface area contributed by atoms with Gasteiger partial charge in [-0.05, 0) is 43.5 Å². The third-order valence-electron chi connectivity index (χ3n) is 2.78. The fourth-order valence-corrected chi connectivity index (χ4v) is 1.61. The SMILES string of the molecule is COC(=O)c1ccc(NC2CCC2)cc1. The molecule has 0 amide bonds. The van der Waals surface area contributed by atoms with Gasteiger partial charge in [-0.2, -0.15) is 0 Å². The van der Waals surface area contributed by atoms with Crippen LogP contribution in [0.4, 0.5) is 5.69 Å². The molecule has 1 fully saturated rings. The van der Waals surface area contributed by atoms with Gasteiger partial charge in [0.25, 0.3) is 0 Å². The summed E-state index contributed by atoms with van der Waals surface area (Å²) >= 11 is 0. The first-order chi connectivity index (χ1) is 7.29. The molecule has 0 aromatic heterocycles. The summed E-state index contributed by atoms with van der Waals surface area (Å²) in [5, 5.41) is 3.41. The molecule has 0 spiro atoms. The summed E-state index contributed by atoms with van der Waals surface area (Å²) in [5.74, 6) is -0.287. The van der Waals surface area contributed by atoms with Crippen LogP contribution in [0, 0.1) is 0 Å². The largest absolute Gasteiger partial charge is 0.465 e. The lowest BCUT2D eigenvalue weighted by atomic mass is 9.93. The molecule has 80 valence electrons.